The largest absolute Gasteiger partial charge is 0.390 e. The lowest BCUT2D eigenvalue weighted by Gasteiger charge is -2.25. The van der Waals surface area contributed by atoms with Crippen LogP contribution in [0.1, 0.15) is 27.1 Å². The van der Waals surface area contributed by atoms with Gasteiger partial charge in [-0.25, -0.2) is 0 Å². The van der Waals surface area contributed by atoms with E-state index in [1.807, 2.05) is 0 Å². The second kappa shape index (κ2) is 4.21. The molecule has 0 heterocycles. The minimum atomic E-state index is -0.0854. The summed E-state index contributed by atoms with van der Waals surface area (Å²) in [5.41, 5.74) is 0. The van der Waals surface area contributed by atoms with Crippen LogP contribution in [0.15, 0.2) is 0 Å². The smallest absolute Gasteiger partial charge is 0.211 e. The van der Waals surface area contributed by atoms with Gasteiger partial charge in [0.1, 0.15) is 0 Å². The van der Waals surface area contributed by atoms with Crippen LogP contribution in [0.5, 0.6) is 0 Å². The summed E-state index contributed by atoms with van der Waals surface area (Å²) in [7, 11) is 0. The van der Waals surface area contributed by atoms with E-state index in [0.29, 0.717) is 0 Å². The maximum absolute atomic E-state index is 6.89. The maximum Gasteiger partial charge on any atom is 0.211 e. The highest BCUT2D eigenvalue weighted by molar-refractivity contribution is 7.93. The molecule has 0 saturated heterocycles. The quantitative estimate of drug-likeness (QED) is 0.646. The summed E-state index contributed by atoms with van der Waals surface area (Å²) in [6, 6.07) is 0. The van der Waals surface area contributed by atoms with Crippen molar-refractivity contribution in [3.63, 3.8) is 0 Å². The van der Waals surface area contributed by atoms with E-state index in [2.05, 4.69) is 5.11 Å². The van der Waals surface area contributed by atoms with Gasteiger partial charge in [0.25, 0.3) is 0 Å². The van der Waals surface area contributed by atoms with Crippen LogP contribution in [0.2, 0.25) is 0 Å². The number of rotatable bonds is 3. The van der Waals surface area contributed by atoms with E-state index in [-0.39, 0.29) is 18.4 Å². The summed E-state index contributed by atoms with van der Waals surface area (Å²) >= 11 is 1.14. The molecule has 10 heavy (non-hydrogen) atoms. The second-order valence-electron chi connectivity index (χ2n) is 2.58. The van der Waals surface area contributed by atoms with Crippen LogP contribution in [-0.4, -0.2) is 25.0 Å². The Morgan fingerprint density at radius 3 is 3.40 bits per heavy atom. The van der Waals surface area contributed by atoms with E-state index < -0.39 is 0 Å². The van der Waals surface area contributed by atoms with Crippen molar-refractivity contribution in [2.45, 2.75) is 37.9 Å². The summed E-state index contributed by atoms with van der Waals surface area (Å²) in [5.74, 6) is 0. The lowest BCUT2D eigenvalue weighted by atomic mass is 9.95. The van der Waals surface area contributed by atoms with E-state index in [1.165, 1.54) is 0 Å². The average molecular weight is 166 g/mol. The molecule has 0 aliphatic heterocycles. The van der Waals surface area contributed by atoms with Crippen LogP contribution in [0.4, 0.5) is 0 Å². The van der Waals surface area contributed by atoms with Crippen LogP contribution in [-0.2, 0) is 4.18 Å². The lowest BCUT2D eigenvalue weighted by molar-refractivity contribution is 0.0184. The standard InChI is InChI=1S/C7H14O2S/c1-10-9-7-5-3-2-4-6(7)8/h6-8H,2-5H2,1H3/t6-,7-/m0/s1/i1T,8T. The van der Waals surface area contributed by atoms with Crippen LogP contribution < -0.4 is 0 Å². The van der Waals surface area contributed by atoms with Crippen LogP contribution in [0.3, 0.4) is 0 Å². The monoisotopic (exact) mass is 166 g/mol. The summed E-state index contributed by atoms with van der Waals surface area (Å²) in [6.45, 7) is 0. The predicted octanol–water partition coefficient (Wildman–Crippen LogP) is 1.58. The van der Waals surface area contributed by atoms with Crippen molar-refractivity contribution in [1.82, 2.24) is 0 Å². The molecule has 1 aliphatic carbocycles. The highest BCUT2D eigenvalue weighted by atomic mass is 32.2. The summed E-state index contributed by atoms with van der Waals surface area (Å²) in [6.07, 6.45) is 4.27. The van der Waals surface area contributed by atoms with Gasteiger partial charge in [0, 0.05) is 7.60 Å². The Bertz CT molecular complexity index is 126. The fraction of sp³-hybridized carbons (Fsp3) is 1.00. The van der Waals surface area contributed by atoms with Crippen LogP contribution in [0, 0.1) is 0 Å². The van der Waals surface area contributed by atoms with Crippen molar-refractivity contribution in [3.8, 4) is 0 Å². The molecule has 0 spiro atoms. The van der Waals surface area contributed by atoms with Crippen LogP contribution >= 0.6 is 12.0 Å². The molecule has 3 heteroatoms. The van der Waals surface area contributed by atoms with Crippen molar-refractivity contribution < 1.29 is 10.7 Å². The summed E-state index contributed by atoms with van der Waals surface area (Å²) in [5, 5.41) is 4.55. The molecule has 2 atom stereocenters. The van der Waals surface area contributed by atoms with Gasteiger partial charge in [0.15, 0.2) is 0 Å². The highest BCUT2D eigenvalue weighted by Crippen LogP contribution is 2.23. The van der Waals surface area contributed by atoms with Gasteiger partial charge >= 0.3 is 0 Å². The van der Waals surface area contributed by atoms with Crippen molar-refractivity contribution >= 4 is 12.0 Å². The zero-order valence-electron chi connectivity index (χ0n) is 7.91. The van der Waals surface area contributed by atoms with Crippen LogP contribution in [0.25, 0.3) is 0 Å². The Hall–Kier alpha value is 0.270. The van der Waals surface area contributed by atoms with Crippen molar-refractivity contribution in [2.75, 3.05) is 6.23 Å². The SMILES string of the molecule is [3H]CSO[C@H]1CCCC[C@@H]1O[3H]. The zero-order chi connectivity index (χ0) is 8.81. The van der Waals surface area contributed by atoms with E-state index in [4.69, 9.17) is 6.99 Å². The zero-order valence-corrected chi connectivity index (χ0v) is 6.73. The second-order valence-corrected chi connectivity index (χ2v) is 3.00. The Balaban J connectivity index is 2.26. The van der Waals surface area contributed by atoms with Crippen molar-refractivity contribution in [1.29, 1.82) is 1.43 Å². The number of aliphatic hydroxyl groups is 1. The summed E-state index contributed by atoms with van der Waals surface area (Å²) in [4.78, 5) is 0. The molecule has 0 radical (unpaired) electrons. The molecule has 2 nitrogen and oxygen atoms in total. The number of hydrogen-bond donors (Lipinski definition) is 1. The first-order valence-electron chi connectivity index (χ1n) is 4.69. The fourth-order valence-electron chi connectivity index (χ4n) is 1.26. The third kappa shape index (κ3) is 2.15. The first kappa shape index (κ1) is 5.86. The van der Waals surface area contributed by atoms with Gasteiger partial charge in [-0.15, -0.1) is 0 Å². The van der Waals surface area contributed by atoms with E-state index in [9.17, 15) is 0 Å². The third-order valence-corrected chi connectivity index (χ3v) is 2.22. The number of hydrogen-bond acceptors (Lipinski definition) is 3. The first-order valence-corrected chi connectivity index (χ1v) is 4.49. The predicted molar refractivity (Wildman–Crippen MR) is 42.9 cm³/mol. The molecule has 0 aromatic rings. The Kier molecular flexibility index (Phi) is 2.47. The molecule has 1 rings (SSSR count). The maximum atomic E-state index is 6.89. The van der Waals surface area contributed by atoms with E-state index >= 15 is 0 Å². The molecule has 0 amide bonds. The summed E-state index contributed by atoms with van der Waals surface area (Å²) < 4.78 is 19.0. The molecule has 1 N–H and O–H groups in total. The Morgan fingerprint density at radius 1 is 1.70 bits per heavy atom. The van der Waals surface area contributed by atoms with Gasteiger partial charge in [0.2, 0.25) is 1.43 Å². The molecular formula is C7H14O2S. The van der Waals surface area contributed by atoms with E-state index in [1.54, 1.807) is 0 Å². The third-order valence-electron chi connectivity index (χ3n) is 1.83. The molecule has 60 valence electrons. The Labute approximate surface area is 69.1 Å². The molecule has 0 unspecified atom stereocenters. The van der Waals surface area contributed by atoms with Gasteiger partial charge in [-0.3, -0.25) is 0 Å². The molecule has 1 saturated carbocycles. The minimum Gasteiger partial charge on any atom is -0.390 e. The van der Waals surface area contributed by atoms with E-state index in [0.717, 1.165) is 37.7 Å². The van der Waals surface area contributed by atoms with Gasteiger partial charge in [-0.1, -0.05) is 12.8 Å². The molecule has 1 aliphatic rings. The molecule has 0 aromatic carbocycles. The molecule has 0 bridgehead atoms. The normalized spacial score (nSPS) is 36.8. The first-order chi connectivity index (χ1) is 5.88. The fourth-order valence-corrected chi connectivity index (χ4v) is 1.66. The van der Waals surface area contributed by atoms with Gasteiger partial charge in [0.05, 0.1) is 12.2 Å². The topological polar surface area (TPSA) is 29.5 Å². The molecular weight excluding hydrogens is 148 g/mol. The van der Waals surface area contributed by atoms with Gasteiger partial charge < -0.3 is 9.29 Å². The highest BCUT2D eigenvalue weighted by Gasteiger charge is 2.23. The number of aliphatic hydroxyl groups excluding tert-OH is 1. The molecule has 1 fully saturated rings. The molecule has 0 aromatic heterocycles. The van der Waals surface area contributed by atoms with Crippen molar-refractivity contribution in [3.05, 3.63) is 0 Å². The Morgan fingerprint density at radius 2 is 2.60 bits per heavy atom. The lowest BCUT2D eigenvalue weighted by Crippen LogP contribution is -2.30. The minimum absolute atomic E-state index is 0.0200. The van der Waals surface area contributed by atoms with Crippen molar-refractivity contribution in [2.24, 2.45) is 0 Å². The average Bonchev–Trinajstić information content (AvgIpc) is 2.15. The van der Waals surface area contributed by atoms with Gasteiger partial charge in [-0.05, 0) is 24.9 Å². The van der Waals surface area contributed by atoms with Gasteiger partial charge in [-0.2, -0.15) is 0 Å².